The Bertz CT molecular complexity index is 589. The molecule has 0 saturated carbocycles. The fraction of sp³-hybridized carbons (Fsp3) is 0.400. The summed E-state index contributed by atoms with van der Waals surface area (Å²) < 4.78 is 0. The van der Waals surface area contributed by atoms with Crippen molar-refractivity contribution in [3.05, 3.63) is 28.8 Å². The quantitative estimate of drug-likeness (QED) is 0.933. The van der Waals surface area contributed by atoms with Gasteiger partial charge in [0.15, 0.2) is 0 Å². The molecular weight excluding hydrogens is 290 g/mol. The van der Waals surface area contributed by atoms with Gasteiger partial charge in [0.25, 0.3) is 5.91 Å². The summed E-state index contributed by atoms with van der Waals surface area (Å²) >= 11 is 6.01. The van der Waals surface area contributed by atoms with Crippen molar-refractivity contribution in [1.82, 2.24) is 4.90 Å². The van der Waals surface area contributed by atoms with E-state index in [0.717, 1.165) is 32.4 Å². The molecule has 1 aromatic carbocycles. The maximum Gasteiger partial charge on any atom is 0.253 e. The zero-order valence-corrected chi connectivity index (χ0v) is 12.3. The monoisotopic (exact) mass is 305 g/mol. The third kappa shape index (κ3) is 3.96. The average Bonchev–Trinajstić information content (AvgIpc) is 2.50. The Labute approximate surface area is 128 Å². The molecule has 1 aliphatic heterocycles. The van der Waals surface area contributed by atoms with Crippen molar-refractivity contribution in [3.8, 4) is 6.07 Å². The molecule has 6 heteroatoms. The van der Waals surface area contributed by atoms with Gasteiger partial charge in [-0.05, 0) is 37.5 Å². The zero-order valence-electron chi connectivity index (χ0n) is 11.6. The summed E-state index contributed by atoms with van der Waals surface area (Å²) in [5.41, 5.74) is 0.855. The van der Waals surface area contributed by atoms with Gasteiger partial charge < -0.3 is 10.2 Å². The maximum absolute atomic E-state index is 12.4. The predicted molar refractivity (Wildman–Crippen MR) is 80.1 cm³/mol. The first kappa shape index (κ1) is 15.3. The first-order valence-electron chi connectivity index (χ1n) is 6.87. The number of amides is 2. The topological polar surface area (TPSA) is 73.2 Å². The molecule has 5 nitrogen and oxygen atoms in total. The van der Waals surface area contributed by atoms with Crippen LogP contribution < -0.4 is 5.32 Å². The zero-order chi connectivity index (χ0) is 15.2. The molecule has 1 N–H and O–H groups in total. The lowest BCUT2D eigenvalue weighted by atomic mass is 10.1. The van der Waals surface area contributed by atoms with E-state index in [1.165, 1.54) is 0 Å². The highest BCUT2D eigenvalue weighted by molar-refractivity contribution is 6.33. The fourth-order valence-electron chi connectivity index (χ4n) is 2.30. The van der Waals surface area contributed by atoms with Gasteiger partial charge in [-0.2, -0.15) is 5.26 Å². The molecule has 2 rings (SSSR count). The van der Waals surface area contributed by atoms with Crippen molar-refractivity contribution in [2.45, 2.75) is 25.7 Å². The second-order valence-electron chi connectivity index (χ2n) is 4.93. The minimum Gasteiger partial charge on any atom is -0.339 e. The highest BCUT2D eigenvalue weighted by atomic mass is 35.5. The van der Waals surface area contributed by atoms with Crippen molar-refractivity contribution in [2.75, 3.05) is 18.4 Å². The molecule has 1 heterocycles. The fourth-order valence-corrected chi connectivity index (χ4v) is 2.46. The first-order valence-corrected chi connectivity index (χ1v) is 7.25. The van der Waals surface area contributed by atoms with Gasteiger partial charge in [0.05, 0.1) is 16.8 Å². The number of nitriles is 1. The normalized spacial score (nSPS) is 14.4. The minimum atomic E-state index is -0.443. The van der Waals surface area contributed by atoms with E-state index in [2.05, 4.69) is 5.32 Å². The largest absolute Gasteiger partial charge is 0.339 e. The molecule has 1 fully saturated rings. The summed E-state index contributed by atoms with van der Waals surface area (Å²) in [6.45, 7) is 1.52. The van der Waals surface area contributed by atoms with E-state index in [9.17, 15) is 9.59 Å². The minimum absolute atomic E-state index is 0.0536. The summed E-state index contributed by atoms with van der Waals surface area (Å²) in [4.78, 5) is 25.7. The Balaban J connectivity index is 2.15. The Hall–Kier alpha value is -2.06. The molecule has 0 spiro atoms. The molecule has 0 aliphatic carbocycles. The van der Waals surface area contributed by atoms with E-state index in [4.69, 9.17) is 16.9 Å². The summed E-state index contributed by atoms with van der Waals surface area (Å²) in [5.74, 6) is -0.496. The Morgan fingerprint density at radius 1 is 1.29 bits per heavy atom. The smallest absolute Gasteiger partial charge is 0.253 e. The number of rotatable bonds is 3. The summed E-state index contributed by atoms with van der Waals surface area (Å²) in [6.07, 6.45) is 2.94. The van der Waals surface area contributed by atoms with Crippen LogP contribution in [0.3, 0.4) is 0 Å². The van der Waals surface area contributed by atoms with Gasteiger partial charge in [0.1, 0.15) is 6.42 Å². The maximum atomic E-state index is 12.4. The lowest BCUT2D eigenvalue weighted by Gasteiger charge is -2.27. The van der Waals surface area contributed by atoms with Crippen molar-refractivity contribution >= 4 is 29.1 Å². The molecule has 1 aliphatic rings. The van der Waals surface area contributed by atoms with Crippen molar-refractivity contribution in [1.29, 1.82) is 5.26 Å². The first-order chi connectivity index (χ1) is 10.1. The highest BCUT2D eigenvalue weighted by Gasteiger charge is 2.19. The van der Waals surface area contributed by atoms with Crippen LogP contribution in [-0.4, -0.2) is 29.8 Å². The van der Waals surface area contributed by atoms with E-state index < -0.39 is 5.91 Å². The van der Waals surface area contributed by atoms with E-state index in [1.807, 2.05) is 4.90 Å². The van der Waals surface area contributed by atoms with Crippen LogP contribution in [0, 0.1) is 11.3 Å². The number of carbonyl (C=O) groups is 2. The number of nitrogens with zero attached hydrogens (tertiary/aromatic N) is 2. The van der Waals surface area contributed by atoms with Crippen molar-refractivity contribution in [3.63, 3.8) is 0 Å². The van der Waals surface area contributed by atoms with Crippen molar-refractivity contribution < 1.29 is 9.59 Å². The summed E-state index contributed by atoms with van der Waals surface area (Å²) in [5, 5.41) is 11.4. The van der Waals surface area contributed by atoms with Crippen LogP contribution in [0.4, 0.5) is 5.69 Å². The highest BCUT2D eigenvalue weighted by Crippen LogP contribution is 2.24. The van der Waals surface area contributed by atoms with Gasteiger partial charge >= 0.3 is 0 Å². The van der Waals surface area contributed by atoms with Crippen LogP contribution in [0.2, 0.25) is 5.02 Å². The Kier molecular flexibility index (Phi) is 5.18. The number of nitrogens with one attached hydrogen (secondary N) is 1. The molecule has 1 aromatic rings. The molecule has 0 bridgehead atoms. The molecular formula is C15H16ClN3O2. The van der Waals surface area contributed by atoms with Crippen LogP contribution in [0.25, 0.3) is 0 Å². The second-order valence-corrected chi connectivity index (χ2v) is 5.34. The number of hydrogen-bond donors (Lipinski definition) is 1. The molecule has 1 saturated heterocycles. The van der Waals surface area contributed by atoms with Gasteiger partial charge in [-0.3, -0.25) is 9.59 Å². The van der Waals surface area contributed by atoms with Gasteiger partial charge in [0.2, 0.25) is 5.91 Å². The number of anilines is 1. The molecule has 0 atom stereocenters. The Morgan fingerprint density at radius 2 is 2.00 bits per heavy atom. The summed E-state index contributed by atoms with van der Waals surface area (Å²) in [7, 11) is 0. The average molecular weight is 306 g/mol. The van der Waals surface area contributed by atoms with E-state index in [1.54, 1.807) is 24.3 Å². The van der Waals surface area contributed by atoms with Gasteiger partial charge in [-0.25, -0.2) is 0 Å². The van der Waals surface area contributed by atoms with E-state index in [0.29, 0.717) is 16.3 Å². The lowest BCUT2D eigenvalue weighted by Crippen LogP contribution is -2.35. The predicted octanol–water partition coefficient (Wildman–Crippen LogP) is 2.82. The lowest BCUT2D eigenvalue weighted by molar-refractivity contribution is -0.115. The molecule has 0 radical (unpaired) electrons. The number of piperidine rings is 1. The SMILES string of the molecule is N#CCC(=O)Nc1cc(C(=O)N2CCCCC2)ccc1Cl. The molecule has 2 amide bonds. The molecule has 110 valence electrons. The molecule has 0 unspecified atom stereocenters. The van der Waals surface area contributed by atoms with E-state index in [-0.39, 0.29) is 12.3 Å². The van der Waals surface area contributed by atoms with Crippen molar-refractivity contribution in [2.24, 2.45) is 0 Å². The van der Waals surface area contributed by atoms with Gasteiger partial charge in [0, 0.05) is 18.7 Å². The van der Waals surface area contributed by atoms with E-state index >= 15 is 0 Å². The number of carbonyl (C=O) groups excluding carboxylic acids is 2. The third-order valence-corrected chi connectivity index (χ3v) is 3.70. The van der Waals surface area contributed by atoms with Gasteiger partial charge in [-0.1, -0.05) is 11.6 Å². The Morgan fingerprint density at radius 3 is 2.67 bits per heavy atom. The standard InChI is InChI=1S/C15H16ClN3O2/c16-12-5-4-11(10-13(12)18-14(20)6-7-17)15(21)19-8-2-1-3-9-19/h4-5,10H,1-3,6,8-9H2,(H,18,20). The number of hydrogen-bond acceptors (Lipinski definition) is 3. The van der Waals surface area contributed by atoms with Gasteiger partial charge in [-0.15, -0.1) is 0 Å². The molecule has 21 heavy (non-hydrogen) atoms. The summed E-state index contributed by atoms with van der Waals surface area (Å²) in [6, 6.07) is 6.57. The van der Waals surface area contributed by atoms with Crippen LogP contribution in [0.5, 0.6) is 0 Å². The van der Waals surface area contributed by atoms with Crippen LogP contribution >= 0.6 is 11.6 Å². The molecule has 0 aromatic heterocycles. The van der Waals surface area contributed by atoms with Crippen LogP contribution in [0.1, 0.15) is 36.0 Å². The number of halogens is 1. The number of likely N-dealkylation sites (tertiary alicyclic amines) is 1. The second kappa shape index (κ2) is 7.09. The number of benzene rings is 1. The van der Waals surface area contributed by atoms with Crippen LogP contribution in [0.15, 0.2) is 18.2 Å². The third-order valence-electron chi connectivity index (χ3n) is 3.37. The van der Waals surface area contributed by atoms with Crippen LogP contribution in [-0.2, 0) is 4.79 Å².